The van der Waals surface area contributed by atoms with Crippen LogP contribution in [0.5, 0.6) is 0 Å². The van der Waals surface area contributed by atoms with E-state index in [1.54, 1.807) is 29.2 Å². The molecule has 0 spiro atoms. The number of carbonyl (C=O) groups is 1. The molecule has 2 heterocycles. The predicted molar refractivity (Wildman–Crippen MR) is 92.7 cm³/mol. The molecule has 122 valence electrons. The number of aromatic nitrogens is 1. The monoisotopic (exact) mass is 323 g/mol. The summed E-state index contributed by atoms with van der Waals surface area (Å²) < 4.78 is 12.7. The molecule has 4 rings (SSSR count). The number of hydrogen-bond donors (Lipinski definition) is 2. The summed E-state index contributed by atoms with van der Waals surface area (Å²) in [4.78, 5) is 17.7. The lowest BCUT2D eigenvalue weighted by Gasteiger charge is -2.27. The molecule has 5 heteroatoms. The number of H-pyrrole nitrogens is 1. The van der Waals surface area contributed by atoms with Gasteiger partial charge in [0.25, 0.3) is 0 Å². The van der Waals surface area contributed by atoms with Gasteiger partial charge >= 0.3 is 6.03 Å². The minimum Gasteiger partial charge on any atom is -0.357 e. The first-order valence-electron chi connectivity index (χ1n) is 8.04. The molecule has 24 heavy (non-hydrogen) atoms. The fourth-order valence-corrected chi connectivity index (χ4v) is 3.30. The number of halogens is 1. The van der Waals surface area contributed by atoms with Crippen molar-refractivity contribution in [3.05, 3.63) is 65.4 Å². The molecule has 2 N–H and O–H groups in total. The van der Waals surface area contributed by atoms with Crippen LogP contribution in [0.1, 0.15) is 16.8 Å². The van der Waals surface area contributed by atoms with Gasteiger partial charge in [-0.2, -0.15) is 0 Å². The van der Waals surface area contributed by atoms with Gasteiger partial charge in [-0.05, 0) is 35.7 Å². The van der Waals surface area contributed by atoms with Gasteiger partial charge < -0.3 is 15.2 Å². The van der Waals surface area contributed by atoms with Crippen molar-refractivity contribution in [1.29, 1.82) is 0 Å². The lowest BCUT2D eigenvalue weighted by molar-refractivity contribution is 0.206. The van der Waals surface area contributed by atoms with Crippen LogP contribution in [-0.4, -0.2) is 22.5 Å². The minimum absolute atomic E-state index is 0.157. The number of aromatic amines is 1. The van der Waals surface area contributed by atoms with E-state index in [0.29, 0.717) is 24.3 Å². The van der Waals surface area contributed by atoms with Crippen molar-refractivity contribution in [3.8, 4) is 0 Å². The Morgan fingerprint density at radius 3 is 2.96 bits per heavy atom. The molecule has 0 saturated carbocycles. The van der Waals surface area contributed by atoms with Gasteiger partial charge in [-0.25, -0.2) is 9.18 Å². The maximum Gasteiger partial charge on any atom is 0.322 e. The molecule has 1 aliphatic rings. The summed E-state index contributed by atoms with van der Waals surface area (Å²) in [6.07, 6.45) is 0.831. The van der Waals surface area contributed by atoms with Crippen LogP contribution in [0.15, 0.2) is 48.5 Å². The second kappa shape index (κ2) is 6.00. The van der Waals surface area contributed by atoms with Crippen molar-refractivity contribution in [1.82, 2.24) is 9.88 Å². The minimum atomic E-state index is -0.536. The van der Waals surface area contributed by atoms with Crippen LogP contribution in [0.2, 0.25) is 0 Å². The Morgan fingerprint density at radius 2 is 2.08 bits per heavy atom. The number of anilines is 1. The van der Waals surface area contributed by atoms with Gasteiger partial charge in [0.2, 0.25) is 0 Å². The molecule has 0 aliphatic carbocycles. The third kappa shape index (κ3) is 2.62. The molecular weight excluding hydrogens is 305 g/mol. The second-order valence-electron chi connectivity index (χ2n) is 6.06. The van der Waals surface area contributed by atoms with Gasteiger partial charge in [0, 0.05) is 28.8 Å². The number of amides is 2. The normalized spacial score (nSPS) is 13.8. The average molecular weight is 323 g/mol. The molecule has 0 saturated heterocycles. The molecule has 0 atom stereocenters. The Hall–Kier alpha value is -2.82. The Balaban J connectivity index is 1.52. The van der Waals surface area contributed by atoms with Crippen molar-refractivity contribution in [3.63, 3.8) is 0 Å². The third-order valence-electron chi connectivity index (χ3n) is 4.50. The van der Waals surface area contributed by atoms with E-state index < -0.39 is 6.67 Å². The van der Waals surface area contributed by atoms with Crippen LogP contribution in [0.25, 0.3) is 10.9 Å². The molecule has 0 radical (unpaired) electrons. The number of fused-ring (bicyclic) bond motifs is 3. The largest absolute Gasteiger partial charge is 0.357 e. The second-order valence-corrected chi connectivity index (χ2v) is 6.06. The fraction of sp³-hybridized carbons (Fsp3) is 0.211. The van der Waals surface area contributed by atoms with E-state index in [0.717, 1.165) is 17.6 Å². The lowest BCUT2D eigenvalue weighted by atomic mass is 10.0. The summed E-state index contributed by atoms with van der Waals surface area (Å²) in [5.41, 5.74) is 4.69. The summed E-state index contributed by atoms with van der Waals surface area (Å²) in [5, 5.41) is 4.10. The van der Waals surface area contributed by atoms with Crippen molar-refractivity contribution in [2.24, 2.45) is 0 Å². The van der Waals surface area contributed by atoms with Gasteiger partial charge in [-0.1, -0.05) is 30.3 Å². The van der Waals surface area contributed by atoms with Gasteiger partial charge in [-0.15, -0.1) is 0 Å². The number of benzene rings is 2. The van der Waals surface area contributed by atoms with Gasteiger partial charge in [0.15, 0.2) is 0 Å². The Kier molecular flexibility index (Phi) is 3.69. The Bertz CT molecular complexity index is 903. The summed E-state index contributed by atoms with van der Waals surface area (Å²) in [5.74, 6) is 0. The molecule has 3 aromatic rings. The molecule has 1 aromatic heterocycles. The molecule has 0 fully saturated rings. The number of nitrogens with zero attached hydrogens (tertiary/aromatic N) is 1. The summed E-state index contributed by atoms with van der Waals surface area (Å²) in [7, 11) is 0. The van der Waals surface area contributed by atoms with Crippen molar-refractivity contribution in [2.75, 3.05) is 11.9 Å². The van der Waals surface area contributed by atoms with E-state index in [1.807, 2.05) is 12.1 Å². The molecule has 1 aliphatic heterocycles. The number of para-hydroxylation sites is 1. The van der Waals surface area contributed by atoms with Gasteiger partial charge in [0.05, 0.1) is 6.54 Å². The van der Waals surface area contributed by atoms with Crippen LogP contribution in [0.3, 0.4) is 0 Å². The highest BCUT2D eigenvalue weighted by atomic mass is 19.1. The van der Waals surface area contributed by atoms with Gasteiger partial charge in [0.1, 0.15) is 6.67 Å². The fourth-order valence-electron chi connectivity index (χ4n) is 3.30. The highest BCUT2D eigenvalue weighted by molar-refractivity contribution is 5.90. The zero-order valence-corrected chi connectivity index (χ0v) is 13.2. The standard InChI is InChI=1S/C19H18FN3O/c20-11-13-4-3-5-14(10-13)21-19(24)23-9-8-16-15-6-1-2-7-17(15)22-18(16)12-23/h1-7,10,22H,8-9,11-12H2,(H,21,24). The van der Waals surface area contributed by atoms with Crippen LogP contribution >= 0.6 is 0 Å². The zero-order valence-electron chi connectivity index (χ0n) is 13.2. The molecule has 0 bridgehead atoms. The van der Waals surface area contributed by atoms with E-state index in [2.05, 4.69) is 22.4 Å². The Morgan fingerprint density at radius 1 is 1.21 bits per heavy atom. The Labute approximate surface area is 139 Å². The van der Waals surface area contributed by atoms with Crippen molar-refractivity contribution < 1.29 is 9.18 Å². The number of rotatable bonds is 2. The summed E-state index contributed by atoms with van der Waals surface area (Å²) in [6.45, 7) is 0.688. The first-order valence-corrected chi connectivity index (χ1v) is 8.04. The predicted octanol–water partition coefficient (Wildman–Crippen LogP) is 4.23. The molecule has 2 amide bonds. The number of nitrogens with one attached hydrogen (secondary N) is 2. The number of alkyl halides is 1. The van der Waals surface area contributed by atoms with Crippen LogP contribution < -0.4 is 5.32 Å². The van der Waals surface area contributed by atoms with Gasteiger partial charge in [-0.3, -0.25) is 0 Å². The number of hydrogen-bond acceptors (Lipinski definition) is 1. The third-order valence-corrected chi connectivity index (χ3v) is 4.50. The lowest BCUT2D eigenvalue weighted by Crippen LogP contribution is -2.38. The molecular formula is C19H18FN3O. The number of carbonyl (C=O) groups excluding carboxylic acids is 1. The van der Waals surface area contributed by atoms with Crippen molar-refractivity contribution >= 4 is 22.6 Å². The first kappa shape index (κ1) is 14.8. The summed E-state index contributed by atoms with van der Waals surface area (Å²) in [6, 6.07) is 14.9. The van der Waals surface area contributed by atoms with E-state index in [4.69, 9.17) is 0 Å². The van der Waals surface area contributed by atoms with Crippen LogP contribution in [0.4, 0.5) is 14.9 Å². The van der Waals surface area contributed by atoms with Crippen LogP contribution in [-0.2, 0) is 19.6 Å². The van der Waals surface area contributed by atoms with E-state index in [9.17, 15) is 9.18 Å². The highest BCUT2D eigenvalue weighted by Crippen LogP contribution is 2.27. The smallest absolute Gasteiger partial charge is 0.322 e. The average Bonchev–Trinajstić information content (AvgIpc) is 2.99. The topological polar surface area (TPSA) is 48.1 Å². The van der Waals surface area contributed by atoms with E-state index in [-0.39, 0.29) is 6.03 Å². The van der Waals surface area contributed by atoms with E-state index >= 15 is 0 Å². The maximum absolute atomic E-state index is 12.7. The SMILES string of the molecule is O=C(Nc1cccc(CF)c1)N1CCc2c([nH]c3ccccc23)C1. The highest BCUT2D eigenvalue weighted by Gasteiger charge is 2.23. The van der Waals surface area contributed by atoms with Crippen LogP contribution in [0, 0.1) is 0 Å². The number of urea groups is 1. The molecule has 0 unspecified atom stereocenters. The van der Waals surface area contributed by atoms with E-state index in [1.165, 1.54) is 10.9 Å². The van der Waals surface area contributed by atoms with Crippen molar-refractivity contribution in [2.45, 2.75) is 19.6 Å². The maximum atomic E-state index is 12.7. The summed E-state index contributed by atoms with van der Waals surface area (Å²) >= 11 is 0. The zero-order chi connectivity index (χ0) is 16.5. The molecule has 2 aromatic carbocycles. The molecule has 4 nitrogen and oxygen atoms in total. The quantitative estimate of drug-likeness (QED) is 0.728. The first-order chi connectivity index (χ1) is 11.7.